The third-order valence-electron chi connectivity index (χ3n) is 10.2. The maximum atomic E-state index is 14.5. The summed E-state index contributed by atoms with van der Waals surface area (Å²) in [7, 11) is 3.38. The topological polar surface area (TPSA) is 106 Å². The van der Waals surface area contributed by atoms with Gasteiger partial charge in [-0.25, -0.2) is 4.39 Å². The van der Waals surface area contributed by atoms with Gasteiger partial charge in [0.2, 0.25) is 0 Å². The van der Waals surface area contributed by atoms with Crippen molar-refractivity contribution in [3.63, 3.8) is 0 Å². The number of nitrogen functional groups attached to an aromatic ring is 1. The second kappa shape index (κ2) is 12.8. The standard InChI is InChI=1S/C33H39ClF4N8O2S/c1-18-25-15-44(7-5-9-46(25)42-28(18)30(47)43(2)3)29-22-16-49-26(21-10-20(39)11-23(34)27(21)33(36,37)38)12-24(22)40-31(41-29)48-17-32-6-4-8-45(32)14-19(35)13-32/h10-11,19,26H,4-9,12-17,39H2,1-3H3/t19-,26?,32+/m1/s1. The monoisotopic (exact) mass is 722 g/mol. The molecule has 0 aliphatic carbocycles. The van der Waals surface area contributed by atoms with Crippen LogP contribution in [0.15, 0.2) is 12.1 Å². The van der Waals surface area contributed by atoms with E-state index < -0.39 is 33.7 Å². The molecular formula is C33H39ClF4N8O2S. The zero-order valence-corrected chi connectivity index (χ0v) is 29.2. The molecule has 3 atom stereocenters. The molecule has 16 heteroatoms. The summed E-state index contributed by atoms with van der Waals surface area (Å²) in [5.74, 6) is 0.808. The van der Waals surface area contributed by atoms with Gasteiger partial charge in [0.1, 0.15) is 18.6 Å². The Morgan fingerprint density at radius 1 is 1.20 bits per heavy atom. The lowest BCUT2D eigenvalue weighted by atomic mass is 9.95. The Bertz CT molecular complexity index is 1790. The van der Waals surface area contributed by atoms with Gasteiger partial charge >= 0.3 is 12.2 Å². The fourth-order valence-corrected chi connectivity index (χ4v) is 9.49. The van der Waals surface area contributed by atoms with E-state index in [0.717, 1.165) is 48.7 Å². The van der Waals surface area contributed by atoms with Crippen LogP contribution in [0, 0.1) is 6.92 Å². The molecule has 1 unspecified atom stereocenters. The lowest BCUT2D eigenvalue weighted by Gasteiger charge is -2.33. The molecule has 7 rings (SSSR count). The highest BCUT2D eigenvalue weighted by atomic mass is 35.5. The van der Waals surface area contributed by atoms with Crippen molar-refractivity contribution in [2.45, 2.75) is 81.0 Å². The highest BCUT2D eigenvalue weighted by Gasteiger charge is 2.49. The van der Waals surface area contributed by atoms with Gasteiger partial charge in [-0.05, 0) is 50.4 Å². The molecular weight excluding hydrogens is 684 g/mol. The van der Waals surface area contributed by atoms with E-state index in [9.17, 15) is 22.4 Å². The number of benzene rings is 1. The SMILES string of the molecule is Cc1c(C(=O)N(C)C)nn2c1CN(c1nc(OC[C@@]34CCCN3C[C@H](F)C4)nc3c1CSC(c1cc(N)cc(Cl)c1C(F)(F)F)C3)CCC2. The van der Waals surface area contributed by atoms with Crippen LogP contribution in [-0.2, 0) is 31.4 Å². The minimum absolute atomic E-state index is 0.0172. The molecule has 0 radical (unpaired) electrons. The van der Waals surface area contributed by atoms with Crippen LogP contribution < -0.4 is 15.4 Å². The van der Waals surface area contributed by atoms with Gasteiger partial charge in [0, 0.05) is 74.4 Å². The van der Waals surface area contributed by atoms with E-state index in [0.29, 0.717) is 55.6 Å². The van der Waals surface area contributed by atoms with Crippen LogP contribution in [0.3, 0.4) is 0 Å². The van der Waals surface area contributed by atoms with Gasteiger partial charge < -0.3 is 20.3 Å². The van der Waals surface area contributed by atoms with Crippen LogP contribution in [0.5, 0.6) is 6.01 Å². The molecule has 2 N–H and O–H groups in total. The normalized spacial score (nSPS) is 24.0. The average molecular weight is 723 g/mol. The first-order chi connectivity index (χ1) is 23.2. The average Bonchev–Trinajstić information content (AvgIpc) is 3.60. The van der Waals surface area contributed by atoms with Crippen LogP contribution in [-0.4, -0.2) is 87.5 Å². The molecule has 0 spiro atoms. The van der Waals surface area contributed by atoms with Gasteiger partial charge in [-0.3, -0.25) is 14.4 Å². The van der Waals surface area contributed by atoms with E-state index in [1.165, 1.54) is 22.7 Å². The first kappa shape index (κ1) is 34.2. The number of fused-ring (bicyclic) bond motifs is 3. The number of carbonyl (C=O) groups is 1. The van der Waals surface area contributed by atoms with Crippen LogP contribution in [0.25, 0.3) is 0 Å². The van der Waals surface area contributed by atoms with Gasteiger partial charge in [-0.1, -0.05) is 11.6 Å². The fraction of sp³-hybridized carbons (Fsp3) is 0.576. The van der Waals surface area contributed by atoms with Gasteiger partial charge in [0.05, 0.1) is 34.1 Å². The zero-order valence-electron chi connectivity index (χ0n) is 27.6. The number of nitrogens with zero attached hydrogens (tertiary/aromatic N) is 7. The van der Waals surface area contributed by atoms with Crippen molar-refractivity contribution in [1.29, 1.82) is 0 Å². The number of ether oxygens (including phenoxy) is 1. The Morgan fingerprint density at radius 3 is 2.76 bits per heavy atom. The first-order valence-electron chi connectivity index (χ1n) is 16.5. The number of thioether (sulfide) groups is 1. The van der Waals surface area contributed by atoms with Gasteiger partial charge in [0.15, 0.2) is 5.69 Å². The third-order valence-corrected chi connectivity index (χ3v) is 11.8. The molecule has 2 aromatic heterocycles. The Hall–Kier alpha value is -3.30. The number of nitrogens with two attached hydrogens (primary N) is 1. The van der Waals surface area contributed by atoms with Crippen molar-refractivity contribution in [3.8, 4) is 6.01 Å². The lowest BCUT2D eigenvalue weighted by molar-refractivity contribution is -0.138. The quantitative estimate of drug-likeness (QED) is 0.249. The molecule has 2 fully saturated rings. The van der Waals surface area contributed by atoms with E-state index >= 15 is 0 Å². The first-order valence-corrected chi connectivity index (χ1v) is 17.9. The largest absolute Gasteiger partial charge is 0.461 e. The summed E-state index contributed by atoms with van der Waals surface area (Å²) < 4.78 is 65.6. The predicted molar refractivity (Wildman–Crippen MR) is 180 cm³/mol. The number of amides is 1. The van der Waals surface area contributed by atoms with Crippen molar-refractivity contribution in [2.75, 3.05) is 51.0 Å². The highest BCUT2D eigenvalue weighted by molar-refractivity contribution is 7.98. The van der Waals surface area contributed by atoms with Crippen LogP contribution in [0.2, 0.25) is 5.02 Å². The molecule has 1 aromatic carbocycles. The second-order valence-corrected chi connectivity index (χ2v) is 15.3. The molecule has 2 saturated heterocycles. The Labute approximate surface area is 291 Å². The number of anilines is 2. The number of rotatable bonds is 6. The van der Waals surface area contributed by atoms with E-state index in [2.05, 4.69) is 14.9 Å². The Balaban J connectivity index is 1.27. The maximum absolute atomic E-state index is 14.5. The number of halogens is 5. The van der Waals surface area contributed by atoms with Crippen LogP contribution in [0.1, 0.15) is 75.1 Å². The van der Waals surface area contributed by atoms with E-state index in [1.54, 1.807) is 14.1 Å². The summed E-state index contributed by atoms with van der Waals surface area (Å²) >= 11 is 7.50. The summed E-state index contributed by atoms with van der Waals surface area (Å²) in [5.41, 5.74) is 8.33. The minimum atomic E-state index is -4.67. The Morgan fingerprint density at radius 2 is 2.00 bits per heavy atom. The number of aromatic nitrogens is 4. The summed E-state index contributed by atoms with van der Waals surface area (Å²) in [4.78, 5) is 28.4. The smallest absolute Gasteiger partial charge is 0.418 e. The van der Waals surface area contributed by atoms with Gasteiger partial charge in [-0.2, -0.15) is 28.2 Å². The van der Waals surface area contributed by atoms with Gasteiger partial charge in [0.25, 0.3) is 5.91 Å². The minimum Gasteiger partial charge on any atom is -0.461 e. The number of alkyl halides is 4. The molecule has 0 bridgehead atoms. The van der Waals surface area contributed by atoms with E-state index in [1.807, 2.05) is 11.6 Å². The molecule has 4 aliphatic heterocycles. The van der Waals surface area contributed by atoms with Crippen molar-refractivity contribution < 1.29 is 27.1 Å². The molecule has 49 heavy (non-hydrogen) atoms. The molecule has 4 aliphatic rings. The second-order valence-electron chi connectivity index (χ2n) is 13.7. The predicted octanol–water partition coefficient (Wildman–Crippen LogP) is 5.83. The van der Waals surface area contributed by atoms with E-state index in [4.69, 9.17) is 32.0 Å². The molecule has 3 aromatic rings. The van der Waals surface area contributed by atoms with Crippen molar-refractivity contribution in [3.05, 3.63) is 56.5 Å². The number of hydrogen-bond donors (Lipinski definition) is 1. The lowest BCUT2D eigenvalue weighted by Crippen LogP contribution is -2.43. The Kier molecular flexibility index (Phi) is 8.92. The maximum Gasteiger partial charge on any atom is 0.418 e. The van der Waals surface area contributed by atoms with Crippen LogP contribution >= 0.6 is 23.4 Å². The van der Waals surface area contributed by atoms with Crippen LogP contribution in [0.4, 0.5) is 29.1 Å². The van der Waals surface area contributed by atoms with Gasteiger partial charge in [-0.15, -0.1) is 11.8 Å². The summed E-state index contributed by atoms with van der Waals surface area (Å²) in [6.07, 6.45) is -2.56. The molecule has 6 heterocycles. The summed E-state index contributed by atoms with van der Waals surface area (Å²) in [5, 5.41) is 3.59. The van der Waals surface area contributed by atoms with Crippen molar-refractivity contribution in [1.82, 2.24) is 29.5 Å². The fourth-order valence-electron chi connectivity index (χ4n) is 7.84. The molecule has 1 amide bonds. The summed E-state index contributed by atoms with van der Waals surface area (Å²) in [6, 6.07) is 2.59. The molecule has 0 saturated carbocycles. The number of hydrogen-bond acceptors (Lipinski definition) is 9. The van der Waals surface area contributed by atoms with E-state index in [-0.39, 0.29) is 36.2 Å². The van der Waals surface area contributed by atoms with Crippen molar-refractivity contribution in [2.24, 2.45) is 0 Å². The molecule has 264 valence electrons. The zero-order chi connectivity index (χ0) is 34.8. The number of aryl methyl sites for hydroxylation is 1. The third kappa shape index (κ3) is 6.30. The van der Waals surface area contributed by atoms with Crippen molar-refractivity contribution >= 4 is 40.8 Å². The summed E-state index contributed by atoms with van der Waals surface area (Å²) in [6.45, 7) is 4.95. The number of carbonyl (C=O) groups excluding carboxylic acids is 1. The molecule has 10 nitrogen and oxygen atoms in total. The highest BCUT2D eigenvalue weighted by Crippen LogP contribution is 2.49.